The highest BCUT2D eigenvalue weighted by molar-refractivity contribution is 14.0. The summed E-state index contributed by atoms with van der Waals surface area (Å²) in [5.74, 6) is 1.30. The van der Waals surface area contributed by atoms with Crippen LogP contribution in [0.1, 0.15) is 33.6 Å². The molecule has 1 N–H and O–H groups in total. The lowest BCUT2D eigenvalue weighted by atomic mass is 9.98. The smallest absolute Gasteiger partial charge is 0.310 e. The molecule has 0 aromatic heterocycles. The number of aliphatic imine (C=N–C) groups is 1. The Hall–Kier alpha value is -0.610. The molecule has 2 unspecified atom stereocenters. The maximum atomic E-state index is 12.1. The van der Waals surface area contributed by atoms with E-state index in [0.717, 1.165) is 71.3 Å². The maximum Gasteiger partial charge on any atom is 0.310 e. The predicted molar refractivity (Wildman–Crippen MR) is 119 cm³/mol. The second-order valence-electron chi connectivity index (χ2n) is 7.25. The van der Waals surface area contributed by atoms with Crippen LogP contribution in [0.15, 0.2) is 4.99 Å². The SMILES string of the molecule is CCNC(=NCC(C)CN1CCOCC1)N1CCCC(C(=O)OCC)C1.I. The average Bonchev–Trinajstić information content (AvgIpc) is 2.66. The van der Waals surface area contributed by atoms with Crippen molar-refractivity contribution >= 4 is 35.9 Å². The summed E-state index contributed by atoms with van der Waals surface area (Å²) in [6.45, 7) is 14.7. The first-order valence-corrected chi connectivity index (χ1v) is 10.1. The van der Waals surface area contributed by atoms with Gasteiger partial charge in [-0.15, -0.1) is 24.0 Å². The highest BCUT2D eigenvalue weighted by atomic mass is 127. The van der Waals surface area contributed by atoms with Gasteiger partial charge in [0.1, 0.15) is 0 Å². The van der Waals surface area contributed by atoms with Gasteiger partial charge in [0.05, 0.1) is 25.7 Å². The number of hydrogen-bond donors (Lipinski definition) is 1. The lowest BCUT2D eigenvalue weighted by Crippen LogP contribution is -2.48. The van der Waals surface area contributed by atoms with Crippen LogP contribution in [0.25, 0.3) is 0 Å². The molecular weight excluding hydrogens is 459 g/mol. The fourth-order valence-corrected chi connectivity index (χ4v) is 3.57. The number of nitrogens with zero attached hydrogens (tertiary/aromatic N) is 3. The molecule has 2 heterocycles. The van der Waals surface area contributed by atoms with E-state index in [9.17, 15) is 4.79 Å². The number of halogens is 1. The summed E-state index contributed by atoms with van der Waals surface area (Å²) in [7, 11) is 0. The zero-order valence-corrected chi connectivity index (χ0v) is 19.4. The van der Waals surface area contributed by atoms with Crippen molar-refractivity contribution in [2.75, 3.05) is 65.6 Å². The second-order valence-corrected chi connectivity index (χ2v) is 7.25. The summed E-state index contributed by atoms with van der Waals surface area (Å²) in [6.07, 6.45) is 1.90. The predicted octanol–water partition coefficient (Wildman–Crippen LogP) is 1.81. The third kappa shape index (κ3) is 8.51. The Morgan fingerprint density at radius 3 is 2.70 bits per heavy atom. The highest BCUT2D eigenvalue weighted by Crippen LogP contribution is 2.18. The van der Waals surface area contributed by atoms with E-state index in [1.54, 1.807) is 0 Å². The van der Waals surface area contributed by atoms with Gasteiger partial charge in [0, 0.05) is 45.8 Å². The Kier molecular flexibility index (Phi) is 12.3. The van der Waals surface area contributed by atoms with Gasteiger partial charge in [-0.1, -0.05) is 6.92 Å². The first-order valence-electron chi connectivity index (χ1n) is 10.1. The number of nitrogens with one attached hydrogen (secondary N) is 1. The lowest BCUT2D eigenvalue weighted by Gasteiger charge is -2.34. The first-order chi connectivity index (χ1) is 12.6. The molecule has 0 aliphatic carbocycles. The molecule has 2 rings (SSSR count). The van der Waals surface area contributed by atoms with Gasteiger partial charge in [0.25, 0.3) is 0 Å². The third-order valence-corrected chi connectivity index (χ3v) is 4.90. The van der Waals surface area contributed by atoms with Crippen LogP contribution < -0.4 is 5.32 Å². The molecule has 0 radical (unpaired) electrons. The van der Waals surface area contributed by atoms with E-state index in [0.29, 0.717) is 19.1 Å². The van der Waals surface area contributed by atoms with Crippen LogP contribution in [0, 0.1) is 11.8 Å². The summed E-state index contributed by atoms with van der Waals surface area (Å²) in [6, 6.07) is 0. The minimum atomic E-state index is -0.0752. The summed E-state index contributed by atoms with van der Waals surface area (Å²) in [5.41, 5.74) is 0. The van der Waals surface area contributed by atoms with E-state index >= 15 is 0 Å². The van der Waals surface area contributed by atoms with Crippen LogP contribution in [-0.4, -0.2) is 87.4 Å². The zero-order valence-electron chi connectivity index (χ0n) is 17.1. The largest absolute Gasteiger partial charge is 0.466 e. The molecule has 27 heavy (non-hydrogen) atoms. The number of carbonyl (C=O) groups excluding carboxylic acids is 1. The summed E-state index contributed by atoms with van der Waals surface area (Å²) in [5, 5.41) is 3.39. The van der Waals surface area contributed by atoms with Crippen LogP contribution >= 0.6 is 24.0 Å². The van der Waals surface area contributed by atoms with Gasteiger partial charge in [-0.2, -0.15) is 0 Å². The van der Waals surface area contributed by atoms with Crippen LogP contribution in [0.4, 0.5) is 0 Å². The van der Waals surface area contributed by atoms with Crippen LogP contribution in [0.5, 0.6) is 0 Å². The molecule has 0 amide bonds. The molecule has 2 fully saturated rings. The Bertz CT molecular complexity index is 458. The van der Waals surface area contributed by atoms with Gasteiger partial charge in [0.15, 0.2) is 5.96 Å². The molecule has 0 aromatic rings. The molecule has 0 aromatic carbocycles. The van der Waals surface area contributed by atoms with Crippen molar-refractivity contribution < 1.29 is 14.3 Å². The van der Waals surface area contributed by atoms with Crippen molar-refractivity contribution in [1.29, 1.82) is 0 Å². The standard InChI is InChI=1S/C19H36N4O3.HI/c1-4-20-19(21-13-16(3)14-22-9-11-25-12-10-22)23-8-6-7-17(15-23)18(24)26-5-2;/h16-17H,4-15H2,1-3H3,(H,20,21);1H. The molecule has 2 aliphatic heterocycles. The highest BCUT2D eigenvalue weighted by Gasteiger charge is 2.28. The Morgan fingerprint density at radius 1 is 1.30 bits per heavy atom. The van der Waals surface area contributed by atoms with Crippen LogP contribution in [0.2, 0.25) is 0 Å². The fraction of sp³-hybridized carbons (Fsp3) is 0.895. The minimum Gasteiger partial charge on any atom is -0.466 e. The molecule has 2 atom stereocenters. The quantitative estimate of drug-likeness (QED) is 0.251. The topological polar surface area (TPSA) is 66.4 Å². The van der Waals surface area contributed by atoms with Crippen molar-refractivity contribution in [1.82, 2.24) is 15.1 Å². The molecule has 2 saturated heterocycles. The number of piperidine rings is 1. The van der Waals surface area contributed by atoms with Crippen molar-refractivity contribution in [3.8, 4) is 0 Å². The Labute approximate surface area is 181 Å². The zero-order chi connectivity index (χ0) is 18.8. The number of esters is 1. The van der Waals surface area contributed by atoms with Gasteiger partial charge in [-0.25, -0.2) is 0 Å². The maximum absolute atomic E-state index is 12.1. The van der Waals surface area contributed by atoms with Gasteiger partial charge >= 0.3 is 5.97 Å². The van der Waals surface area contributed by atoms with Crippen LogP contribution in [0.3, 0.4) is 0 Å². The molecule has 0 spiro atoms. The van der Waals surface area contributed by atoms with Gasteiger partial charge in [0.2, 0.25) is 0 Å². The third-order valence-electron chi connectivity index (χ3n) is 4.90. The van der Waals surface area contributed by atoms with E-state index in [1.807, 2.05) is 6.92 Å². The van der Waals surface area contributed by atoms with E-state index in [2.05, 4.69) is 29.0 Å². The van der Waals surface area contributed by atoms with E-state index in [-0.39, 0.29) is 35.9 Å². The molecule has 8 heteroatoms. The second kappa shape index (κ2) is 13.5. The molecule has 158 valence electrons. The van der Waals surface area contributed by atoms with Crippen molar-refractivity contribution in [3.63, 3.8) is 0 Å². The number of hydrogen-bond acceptors (Lipinski definition) is 5. The summed E-state index contributed by atoms with van der Waals surface area (Å²) < 4.78 is 10.6. The van der Waals surface area contributed by atoms with Gasteiger partial charge in [-0.05, 0) is 32.6 Å². The van der Waals surface area contributed by atoms with Crippen molar-refractivity contribution in [2.45, 2.75) is 33.6 Å². The van der Waals surface area contributed by atoms with Gasteiger partial charge in [-0.3, -0.25) is 14.7 Å². The number of likely N-dealkylation sites (tertiary alicyclic amines) is 1. The number of carbonyl (C=O) groups is 1. The minimum absolute atomic E-state index is 0. The number of ether oxygens (including phenoxy) is 2. The molecule has 0 bridgehead atoms. The van der Waals surface area contributed by atoms with Crippen molar-refractivity contribution in [2.24, 2.45) is 16.8 Å². The fourth-order valence-electron chi connectivity index (χ4n) is 3.57. The van der Waals surface area contributed by atoms with E-state index in [1.165, 1.54) is 0 Å². The average molecular weight is 496 g/mol. The molecule has 0 saturated carbocycles. The number of morpholine rings is 1. The summed E-state index contributed by atoms with van der Waals surface area (Å²) >= 11 is 0. The monoisotopic (exact) mass is 496 g/mol. The first kappa shape index (κ1) is 24.4. The van der Waals surface area contributed by atoms with E-state index in [4.69, 9.17) is 14.5 Å². The van der Waals surface area contributed by atoms with E-state index < -0.39 is 0 Å². The molecular formula is C19H37IN4O3. The summed E-state index contributed by atoms with van der Waals surface area (Å²) in [4.78, 5) is 21.6. The molecule has 2 aliphatic rings. The Balaban J connectivity index is 0.00000364. The van der Waals surface area contributed by atoms with Gasteiger partial charge < -0.3 is 19.7 Å². The van der Waals surface area contributed by atoms with Crippen LogP contribution in [-0.2, 0) is 14.3 Å². The lowest BCUT2D eigenvalue weighted by molar-refractivity contribution is -0.149. The number of guanidine groups is 1. The number of rotatable bonds is 7. The molecule has 7 nitrogen and oxygen atoms in total. The van der Waals surface area contributed by atoms with Crippen molar-refractivity contribution in [3.05, 3.63) is 0 Å². The normalized spacial score (nSPS) is 22.7. The Morgan fingerprint density at radius 2 is 2.04 bits per heavy atom.